The Bertz CT molecular complexity index is 806. The van der Waals surface area contributed by atoms with Gasteiger partial charge in [0.05, 0.1) is 12.7 Å². The second kappa shape index (κ2) is 8.85. The topological polar surface area (TPSA) is 98.4 Å². The van der Waals surface area contributed by atoms with E-state index in [1.54, 1.807) is 6.07 Å². The third-order valence-electron chi connectivity index (χ3n) is 5.17. The van der Waals surface area contributed by atoms with Crippen LogP contribution in [0.5, 0.6) is 0 Å². The van der Waals surface area contributed by atoms with Crippen LogP contribution >= 0.6 is 0 Å². The number of hydrogen-bond donors (Lipinski definition) is 0. The zero-order valence-electron chi connectivity index (χ0n) is 16.2. The van der Waals surface area contributed by atoms with Gasteiger partial charge in [-0.25, -0.2) is 4.79 Å². The molecule has 27 heavy (non-hydrogen) atoms. The van der Waals surface area contributed by atoms with E-state index >= 15 is 0 Å². The van der Waals surface area contributed by atoms with Crippen molar-refractivity contribution >= 4 is 11.9 Å². The summed E-state index contributed by atoms with van der Waals surface area (Å²) in [4.78, 5) is 36.5. The van der Waals surface area contributed by atoms with Crippen LogP contribution in [0.1, 0.15) is 56.0 Å². The Morgan fingerprint density at radius 3 is 2.67 bits per heavy atom. The maximum Gasteiger partial charge on any atom is 0.339 e. The third-order valence-corrected chi connectivity index (χ3v) is 5.17. The summed E-state index contributed by atoms with van der Waals surface area (Å²) in [6.07, 6.45) is 3.96. The smallest absolute Gasteiger partial charge is 0.339 e. The van der Waals surface area contributed by atoms with Gasteiger partial charge in [0.25, 0.3) is 5.56 Å². The second-order valence-corrected chi connectivity index (χ2v) is 7.53. The van der Waals surface area contributed by atoms with Gasteiger partial charge in [-0.1, -0.05) is 27.2 Å². The number of carbonyl (C=O) groups is 2. The molecule has 2 rings (SSSR count). The molecule has 1 aromatic rings. The van der Waals surface area contributed by atoms with Crippen molar-refractivity contribution in [3.05, 3.63) is 33.7 Å². The Kier molecular flexibility index (Phi) is 6.78. The maximum atomic E-state index is 12.5. The Hall–Kier alpha value is -2.62. The number of methoxy groups -OCH3 is 1. The fraction of sp³-hybridized carbons (Fsp3) is 0.600. The minimum Gasteiger partial charge on any atom is -0.465 e. The summed E-state index contributed by atoms with van der Waals surface area (Å²) in [5.74, 6) is -0.0699. The molecule has 7 nitrogen and oxygen atoms in total. The molecule has 7 heteroatoms. The highest BCUT2D eigenvalue weighted by Gasteiger charge is 2.33. The first-order chi connectivity index (χ1) is 12.8. The molecule has 0 bridgehead atoms. The Balaban J connectivity index is 2.20. The number of hydrogen-bond acceptors (Lipinski definition) is 6. The highest BCUT2D eigenvalue weighted by Crippen LogP contribution is 2.35. The minimum atomic E-state index is -0.686. The molecule has 1 saturated carbocycles. The summed E-state index contributed by atoms with van der Waals surface area (Å²) in [6, 6.07) is 2.90. The first kappa shape index (κ1) is 20.7. The van der Waals surface area contributed by atoms with Crippen molar-refractivity contribution in [1.29, 1.82) is 5.26 Å². The lowest BCUT2D eigenvalue weighted by Crippen LogP contribution is -2.37. The van der Waals surface area contributed by atoms with Crippen molar-refractivity contribution in [3.63, 3.8) is 0 Å². The van der Waals surface area contributed by atoms with E-state index in [1.165, 1.54) is 13.3 Å². The number of ether oxygens (including phenoxy) is 2. The Labute approximate surface area is 158 Å². The summed E-state index contributed by atoms with van der Waals surface area (Å²) < 4.78 is 11.4. The van der Waals surface area contributed by atoms with Gasteiger partial charge in [0.1, 0.15) is 24.3 Å². The van der Waals surface area contributed by atoms with E-state index in [4.69, 9.17) is 10.00 Å². The van der Waals surface area contributed by atoms with Crippen LogP contribution in [0.25, 0.3) is 0 Å². The van der Waals surface area contributed by atoms with Gasteiger partial charge < -0.3 is 14.0 Å². The number of nitriles is 1. The summed E-state index contributed by atoms with van der Waals surface area (Å²) in [5, 5.41) is 9.11. The van der Waals surface area contributed by atoms with Crippen molar-refractivity contribution in [3.8, 4) is 6.07 Å². The standard InChI is InChI=1S/C20H26N2O5/c1-12(2)16-6-5-13(3)7-17(16)27-18(23)11-22-10-15(20(25)26-4)8-14(9-21)19(22)24/h8,10,12-13,16-17H,5-7,11H2,1-4H3/t13-,16+,17-/m1/s1. The minimum absolute atomic E-state index is 0.0350. The van der Waals surface area contributed by atoms with Crippen molar-refractivity contribution in [2.24, 2.45) is 17.8 Å². The fourth-order valence-corrected chi connectivity index (χ4v) is 3.66. The van der Waals surface area contributed by atoms with Gasteiger partial charge in [-0.15, -0.1) is 0 Å². The summed E-state index contributed by atoms with van der Waals surface area (Å²) in [5.41, 5.74) is -0.829. The Morgan fingerprint density at radius 2 is 2.07 bits per heavy atom. The van der Waals surface area contributed by atoms with Crippen LogP contribution in [0, 0.1) is 29.1 Å². The van der Waals surface area contributed by atoms with Gasteiger partial charge in [-0.3, -0.25) is 9.59 Å². The molecule has 146 valence electrons. The Morgan fingerprint density at radius 1 is 1.37 bits per heavy atom. The average Bonchev–Trinajstić information content (AvgIpc) is 2.62. The van der Waals surface area contributed by atoms with E-state index in [9.17, 15) is 14.4 Å². The van der Waals surface area contributed by atoms with Crippen LogP contribution in [0.4, 0.5) is 0 Å². The second-order valence-electron chi connectivity index (χ2n) is 7.53. The highest BCUT2D eigenvalue weighted by atomic mass is 16.5. The quantitative estimate of drug-likeness (QED) is 0.735. The SMILES string of the molecule is COC(=O)c1cc(C#N)c(=O)n(CC(=O)O[C@@H]2C[C@H](C)CC[C@H]2C(C)C)c1. The molecule has 3 atom stereocenters. The third kappa shape index (κ3) is 4.97. The number of carbonyl (C=O) groups excluding carboxylic acids is 2. The lowest BCUT2D eigenvalue weighted by molar-refractivity contribution is -0.156. The van der Waals surface area contributed by atoms with Gasteiger partial charge in [0.2, 0.25) is 0 Å². The first-order valence-electron chi connectivity index (χ1n) is 9.19. The van der Waals surface area contributed by atoms with E-state index in [2.05, 4.69) is 25.5 Å². The number of esters is 2. The molecule has 0 unspecified atom stereocenters. The lowest BCUT2D eigenvalue weighted by Gasteiger charge is -2.36. The lowest BCUT2D eigenvalue weighted by atomic mass is 9.75. The van der Waals surface area contributed by atoms with Crippen LogP contribution in [0.15, 0.2) is 17.1 Å². The normalized spacial score (nSPS) is 22.1. The number of nitrogens with zero attached hydrogens (tertiary/aromatic N) is 2. The largest absolute Gasteiger partial charge is 0.465 e. The molecular formula is C20H26N2O5. The fourth-order valence-electron chi connectivity index (χ4n) is 3.66. The van der Waals surface area contributed by atoms with Crippen LogP contribution in [0.2, 0.25) is 0 Å². The van der Waals surface area contributed by atoms with Crippen molar-refractivity contribution in [1.82, 2.24) is 4.57 Å². The van der Waals surface area contributed by atoms with Crippen molar-refractivity contribution in [2.45, 2.75) is 52.7 Å². The summed E-state index contributed by atoms with van der Waals surface area (Å²) >= 11 is 0. The van der Waals surface area contributed by atoms with E-state index < -0.39 is 17.5 Å². The molecule has 1 aromatic heterocycles. The van der Waals surface area contributed by atoms with Gasteiger partial charge in [-0.05, 0) is 36.7 Å². The van der Waals surface area contributed by atoms with E-state index in [0.29, 0.717) is 11.8 Å². The molecule has 1 aliphatic carbocycles. The monoisotopic (exact) mass is 374 g/mol. The maximum absolute atomic E-state index is 12.5. The van der Waals surface area contributed by atoms with E-state index in [-0.39, 0.29) is 29.7 Å². The molecule has 0 spiro atoms. The average molecular weight is 374 g/mol. The number of pyridine rings is 1. The highest BCUT2D eigenvalue weighted by molar-refractivity contribution is 5.89. The van der Waals surface area contributed by atoms with Crippen molar-refractivity contribution < 1.29 is 19.1 Å². The molecule has 1 aliphatic rings. The molecule has 0 aliphatic heterocycles. The van der Waals surface area contributed by atoms with Gasteiger partial charge in [0.15, 0.2) is 0 Å². The molecule has 0 amide bonds. The summed E-state index contributed by atoms with van der Waals surface area (Å²) in [7, 11) is 1.20. The molecular weight excluding hydrogens is 348 g/mol. The van der Waals surface area contributed by atoms with Crippen LogP contribution in [0.3, 0.4) is 0 Å². The van der Waals surface area contributed by atoms with Gasteiger partial charge in [0, 0.05) is 6.20 Å². The zero-order valence-corrected chi connectivity index (χ0v) is 16.2. The number of aromatic nitrogens is 1. The molecule has 1 fully saturated rings. The summed E-state index contributed by atoms with van der Waals surface area (Å²) in [6.45, 7) is 6.02. The van der Waals surface area contributed by atoms with Gasteiger partial charge >= 0.3 is 11.9 Å². The molecule has 0 radical (unpaired) electrons. The van der Waals surface area contributed by atoms with Gasteiger partial charge in [-0.2, -0.15) is 5.26 Å². The molecule has 1 heterocycles. The van der Waals surface area contributed by atoms with E-state index in [1.807, 2.05) is 0 Å². The molecule has 0 saturated heterocycles. The molecule has 0 aromatic carbocycles. The number of rotatable bonds is 5. The predicted molar refractivity (Wildman–Crippen MR) is 98.0 cm³/mol. The van der Waals surface area contributed by atoms with Crippen LogP contribution in [-0.4, -0.2) is 29.7 Å². The first-order valence-corrected chi connectivity index (χ1v) is 9.19. The van der Waals surface area contributed by atoms with Crippen molar-refractivity contribution in [2.75, 3.05) is 7.11 Å². The molecule has 0 N–H and O–H groups in total. The zero-order chi connectivity index (χ0) is 20.1. The van der Waals surface area contributed by atoms with E-state index in [0.717, 1.165) is 29.9 Å². The van der Waals surface area contributed by atoms with Crippen LogP contribution < -0.4 is 5.56 Å². The van der Waals surface area contributed by atoms with Crippen LogP contribution in [-0.2, 0) is 20.8 Å². The predicted octanol–water partition coefficient (Wildman–Crippen LogP) is 2.51.